The second-order valence-corrected chi connectivity index (χ2v) is 17.5. The zero-order valence-electron chi connectivity index (χ0n) is 33.9. The van der Waals surface area contributed by atoms with Gasteiger partial charge in [0.2, 0.25) is 0 Å². The molecule has 5 aromatic rings. The second kappa shape index (κ2) is 17.6. The number of carbonyl (C=O) groups is 1. The van der Waals surface area contributed by atoms with Crippen molar-refractivity contribution >= 4 is 38.0 Å². The van der Waals surface area contributed by atoms with E-state index >= 15 is 0 Å². The third-order valence-electron chi connectivity index (χ3n) is 11.7. The summed E-state index contributed by atoms with van der Waals surface area (Å²) in [7, 11) is 0. The van der Waals surface area contributed by atoms with Crippen molar-refractivity contribution in [1.29, 1.82) is 0 Å². The number of aliphatic hydroxyl groups excluding tert-OH is 1. The normalized spacial score (nSPS) is 15.0. The smallest absolute Gasteiger partial charge is 0.162 e. The van der Waals surface area contributed by atoms with E-state index in [-0.39, 0.29) is 54.3 Å². The van der Waals surface area contributed by atoms with Gasteiger partial charge in [0.1, 0.15) is 0 Å². The summed E-state index contributed by atoms with van der Waals surface area (Å²) >= 11 is 1.89. The first kappa shape index (κ1) is 42.6. The van der Waals surface area contributed by atoms with Gasteiger partial charge in [0.15, 0.2) is 5.78 Å². The molecule has 0 fully saturated rings. The number of rotatable bonds is 10. The fraction of sp³-hybridized carbons (Fsp3) is 0.458. The quantitative estimate of drug-likeness (QED) is 0.0863. The van der Waals surface area contributed by atoms with Gasteiger partial charge in [-0.2, -0.15) is 0 Å². The second-order valence-electron chi connectivity index (χ2n) is 16.5. The number of hydrogen-bond acceptors (Lipinski definition) is 4. The number of thiophene rings is 1. The Morgan fingerprint density at radius 1 is 0.868 bits per heavy atom. The summed E-state index contributed by atoms with van der Waals surface area (Å²) < 4.78 is 1.26. The molecule has 285 valence electrons. The van der Waals surface area contributed by atoms with Crippen molar-refractivity contribution in [2.45, 2.75) is 131 Å². The maximum absolute atomic E-state index is 11.7. The average molecular weight is 907 g/mol. The van der Waals surface area contributed by atoms with E-state index in [1.165, 1.54) is 67.1 Å². The Hall–Kier alpha value is -3.11. The Labute approximate surface area is 337 Å². The van der Waals surface area contributed by atoms with Gasteiger partial charge >= 0.3 is 0 Å². The van der Waals surface area contributed by atoms with Gasteiger partial charge in [-0.15, -0.1) is 40.5 Å². The molecule has 1 aliphatic rings. The van der Waals surface area contributed by atoms with Gasteiger partial charge in [0.05, 0.1) is 5.76 Å². The fourth-order valence-electron chi connectivity index (χ4n) is 7.99. The molecule has 3 nitrogen and oxygen atoms in total. The van der Waals surface area contributed by atoms with Gasteiger partial charge < -0.3 is 5.11 Å². The van der Waals surface area contributed by atoms with Crippen LogP contribution in [0, 0.1) is 24.8 Å². The van der Waals surface area contributed by atoms with Crippen LogP contribution in [0.5, 0.6) is 0 Å². The minimum Gasteiger partial charge on any atom is -0.512 e. The first-order chi connectivity index (χ1) is 24.7. The van der Waals surface area contributed by atoms with Crippen molar-refractivity contribution in [3.63, 3.8) is 0 Å². The predicted molar refractivity (Wildman–Crippen MR) is 225 cm³/mol. The molecule has 0 amide bonds. The first-order valence-corrected chi connectivity index (χ1v) is 20.4. The minimum atomic E-state index is 0. The van der Waals surface area contributed by atoms with Crippen molar-refractivity contribution in [3.8, 4) is 21.7 Å². The molecular weight excluding hydrogens is 847 g/mol. The van der Waals surface area contributed by atoms with Crippen LogP contribution in [0.4, 0.5) is 0 Å². The van der Waals surface area contributed by atoms with Gasteiger partial charge in [-0.05, 0) is 102 Å². The Bertz CT molecular complexity index is 2080. The predicted octanol–water partition coefficient (Wildman–Crippen LogP) is 14.2. The van der Waals surface area contributed by atoms with Crippen LogP contribution >= 0.6 is 11.3 Å². The minimum absolute atomic E-state index is 0. The number of ketones is 1. The zero-order valence-corrected chi connectivity index (χ0v) is 37.1. The van der Waals surface area contributed by atoms with E-state index in [1.54, 1.807) is 0 Å². The summed E-state index contributed by atoms with van der Waals surface area (Å²) in [6, 6.07) is 24.1. The van der Waals surface area contributed by atoms with Crippen LogP contribution in [-0.2, 0) is 35.7 Å². The van der Waals surface area contributed by atoms with Gasteiger partial charge in [0.25, 0.3) is 0 Å². The maximum Gasteiger partial charge on any atom is 0.162 e. The Morgan fingerprint density at radius 2 is 1.49 bits per heavy atom. The van der Waals surface area contributed by atoms with Crippen molar-refractivity contribution < 1.29 is 30.0 Å². The molecule has 0 bridgehead atoms. The van der Waals surface area contributed by atoms with Crippen LogP contribution in [0.1, 0.15) is 136 Å². The molecule has 1 aliphatic carbocycles. The van der Waals surface area contributed by atoms with Crippen LogP contribution in [0.25, 0.3) is 42.6 Å². The third kappa shape index (κ3) is 8.90. The number of aromatic nitrogens is 1. The number of carbonyl (C=O) groups excluding carboxylic acids is 1. The number of nitrogens with zero attached hydrogens (tertiary/aromatic N) is 1. The standard InChI is InChI=1S/C35H36NS.C13H24O2.Ir/c1-21(2)28-19-25(18-23-10-8-9-11-27(23)28)31-33-26(14-17-36-31)22(3)32(37-33)24-12-13-29-30(20-24)35(6,7)16-15-34(29,4)5;1-5-10(6-2)12(14)9-13(15)11(7-3)8-4;/h8-14,17,19-21H,15-16H2,1-7H3;9-11,14H,5-8H2,1-4H3;/q-1;;/b;12-9-;. The topological polar surface area (TPSA) is 50.2 Å². The molecule has 0 saturated carbocycles. The molecule has 0 unspecified atom stereocenters. The van der Waals surface area contributed by atoms with Crippen molar-refractivity contribution in [1.82, 2.24) is 4.98 Å². The largest absolute Gasteiger partial charge is 0.512 e. The number of pyridine rings is 1. The van der Waals surface area contributed by atoms with Crippen LogP contribution in [0.2, 0.25) is 0 Å². The third-order valence-corrected chi connectivity index (χ3v) is 13.1. The molecule has 2 heterocycles. The number of benzene rings is 3. The van der Waals surface area contributed by atoms with Crippen LogP contribution in [-0.4, -0.2) is 15.9 Å². The Morgan fingerprint density at radius 3 is 2.11 bits per heavy atom. The monoisotopic (exact) mass is 907 g/mol. The molecule has 6 rings (SSSR count). The summed E-state index contributed by atoms with van der Waals surface area (Å²) in [6.07, 6.45) is 9.34. The summed E-state index contributed by atoms with van der Waals surface area (Å²) in [6.45, 7) is 24.5. The van der Waals surface area contributed by atoms with Crippen LogP contribution < -0.4 is 0 Å². The SMILES string of the molecule is CCC(CC)C(=O)/C=C(\O)C(CC)CC.Cc1c(-c2ccc3c(c2)C(C)(C)CCC3(C)C)sc2c(-c3[c-]c4ccccc4c(C(C)C)c3)nccc12.[Ir]. The summed E-state index contributed by atoms with van der Waals surface area (Å²) in [5.74, 6) is 0.979. The van der Waals surface area contributed by atoms with Crippen LogP contribution in [0.15, 0.2) is 72.6 Å². The van der Waals surface area contributed by atoms with E-state index in [0.717, 1.165) is 42.3 Å². The number of fused-ring (bicyclic) bond motifs is 3. The maximum atomic E-state index is 11.7. The molecule has 3 aromatic carbocycles. The molecular formula is C48H60IrNO2S-. The zero-order chi connectivity index (χ0) is 38.0. The average Bonchev–Trinajstić information content (AvgIpc) is 3.47. The van der Waals surface area contributed by atoms with E-state index in [9.17, 15) is 9.90 Å². The summed E-state index contributed by atoms with van der Waals surface area (Å²) in [5.41, 5.74) is 9.64. The fourth-order valence-corrected chi connectivity index (χ4v) is 9.29. The van der Waals surface area contributed by atoms with Gasteiger partial charge in [-0.1, -0.05) is 111 Å². The van der Waals surface area contributed by atoms with Gasteiger partial charge in [-0.3, -0.25) is 9.78 Å². The Balaban J connectivity index is 0.000000335. The molecule has 0 saturated heterocycles. The van der Waals surface area contributed by atoms with Crippen LogP contribution in [0.3, 0.4) is 0 Å². The van der Waals surface area contributed by atoms with Crippen molar-refractivity contribution in [2.24, 2.45) is 11.8 Å². The molecule has 1 N–H and O–H groups in total. The molecule has 5 heteroatoms. The molecule has 0 aliphatic heterocycles. The molecule has 1 radical (unpaired) electrons. The van der Waals surface area contributed by atoms with Gasteiger partial charge in [-0.25, -0.2) is 0 Å². The molecule has 0 spiro atoms. The number of aryl methyl sites for hydroxylation is 1. The van der Waals surface area contributed by atoms with Gasteiger partial charge in [0, 0.05) is 59.5 Å². The Kier molecular flexibility index (Phi) is 14.1. The first-order valence-electron chi connectivity index (χ1n) is 19.6. The number of allylic oxidation sites excluding steroid dienone is 2. The number of hydrogen-bond donors (Lipinski definition) is 1. The summed E-state index contributed by atoms with van der Waals surface area (Å²) in [4.78, 5) is 18.0. The van der Waals surface area contributed by atoms with E-state index in [0.29, 0.717) is 5.92 Å². The summed E-state index contributed by atoms with van der Waals surface area (Å²) in [5, 5.41) is 13.5. The molecule has 0 atom stereocenters. The van der Waals surface area contributed by atoms with E-state index < -0.39 is 0 Å². The van der Waals surface area contributed by atoms with Crippen molar-refractivity contribution in [3.05, 3.63) is 101 Å². The van der Waals surface area contributed by atoms with E-state index in [1.807, 2.05) is 45.2 Å². The number of aliphatic hydroxyl groups is 1. The molecule has 2 aromatic heterocycles. The van der Waals surface area contributed by atoms with E-state index in [4.69, 9.17) is 4.98 Å². The van der Waals surface area contributed by atoms with Crippen molar-refractivity contribution in [2.75, 3.05) is 0 Å². The van der Waals surface area contributed by atoms with E-state index in [2.05, 4.69) is 109 Å². The molecule has 53 heavy (non-hydrogen) atoms.